The normalized spacial score (nSPS) is 25.8. The molecule has 0 aromatic heterocycles. The highest BCUT2D eigenvalue weighted by molar-refractivity contribution is 6.30. The van der Waals surface area contributed by atoms with E-state index >= 15 is 0 Å². The number of allylic oxidation sites excluding steroid dienone is 1. The van der Waals surface area contributed by atoms with Crippen LogP contribution in [0.1, 0.15) is 58.1 Å². The third-order valence-corrected chi connectivity index (χ3v) is 10.3. The number of hydrogen-bond donors (Lipinski definition) is 2. The molecule has 0 radical (unpaired) electrons. The fourth-order valence-corrected chi connectivity index (χ4v) is 7.90. The lowest BCUT2D eigenvalue weighted by molar-refractivity contribution is -0.162. The number of nitrogens with zero attached hydrogens (tertiary/aromatic N) is 2. The van der Waals surface area contributed by atoms with Gasteiger partial charge in [0.1, 0.15) is 17.7 Å². The molecule has 8 atom stereocenters. The van der Waals surface area contributed by atoms with Crippen LogP contribution in [0.5, 0.6) is 0 Å². The van der Waals surface area contributed by atoms with Gasteiger partial charge >= 0.3 is 5.97 Å². The van der Waals surface area contributed by atoms with Crippen LogP contribution < -0.4 is 10.2 Å². The van der Waals surface area contributed by atoms with Crippen LogP contribution in [-0.2, 0) is 28.7 Å². The van der Waals surface area contributed by atoms with Crippen molar-refractivity contribution in [1.29, 1.82) is 0 Å². The van der Waals surface area contributed by atoms with Crippen LogP contribution >= 0.6 is 11.6 Å². The highest BCUT2D eigenvalue weighted by atomic mass is 35.5. The van der Waals surface area contributed by atoms with Gasteiger partial charge in [-0.3, -0.25) is 19.2 Å². The van der Waals surface area contributed by atoms with E-state index < -0.39 is 65.6 Å². The molecule has 262 valence electrons. The molecule has 3 aliphatic rings. The van der Waals surface area contributed by atoms with Gasteiger partial charge in [0.25, 0.3) is 5.91 Å². The zero-order chi connectivity index (χ0) is 35.5. The summed E-state index contributed by atoms with van der Waals surface area (Å²) in [6.45, 7) is 12.8. The van der Waals surface area contributed by atoms with Crippen LogP contribution in [0, 0.1) is 17.8 Å². The Labute approximate surface area is 293 Å². The maximum Gasteiger partial charge on any atom is 0.313 e. The molecule has 2 aromatic carbocycles. The Morgan fingerprint density at radius 1 is 1.12 bits per heavy atom. The number of aliphatic hydroxyl groups is 1. The zero-order valence-corrected chi connectivity index (χ0v) is 29.1. The molecule has 1 spiro atoms. The van der Waals surface area contributed by atoms with E-state index in [-0.39, 0.29) is 31.4 Å². The number of carbonyl (C=O) groups excluding carboxylic acids is 4. The van der Waals surface area contributed by atoms with Crippen LogP contribution in [0.3, 0.4) is 0 Å². The fourth-order valence-electron chi connectivity index (χ4n) is 7.78. The second kappa shape index (κ2) is 15.3. The Hall–Kier alpha value is -3.99. The third kappa shape index (κ3) is 6.91. The number of fused-ring (bicyclic) bond motifs is 1. The number of benzene rings is 2. The summed E-state index contributed by atoms with van der Waals surface area (Å²) in [5.74, 6) is -3.88. The largest absolute Gasteiger partial charge is 0.455 e. The van der Waals surface area contributed by atoms with Crippen LogP contribution in [0.4, 0.5) is 5.69 Å². The van der Waals surface area contributed by atoms with E-state index in [0.717, 1.165) is 0 Å². The predicted molar refractivity (Wildman–Crippen MR) is 186 cm³/mol. The Morgan fingerprint density at radius 3 is 2.43 bits per heavy atom. The summed E-state index contributed by atoms with van der Waals surface area (Å²) in [5, 5.41) is 14.0. The molecule has 49 heavy (non-hydrogen) atoms. The van der Waals surface area contributed by atoms with E-state index in [1.54, 1.807) is 43.3 Å². The predicted octanol–water partition coefficient (Wildman–Crippen LogP) is 5.01. The molecule has 3 saturated heterocycles. The van der Waals surface area contributed by atoms with Crippen LogP contribution in [0.2, 0.25) is 5.02 Å². The molecule has 2 bridgehead atoms. The Kier molecular flexibility index (Phi) is 11.3. The van der Waals surface area contributed by atoms with E-state index in [0.29, 0.717) is 35.5 Å². The number of anilines is 1. The number of rotatable bonds is 15. The zero-order valence-electron chi connectivity index (χ0n) is 28.3. The standard InChI is InChI=1S/C38H46ClN3O7/c1-6-8-14-30(44)40-24(5)33(25-12-10-9-11-13-25)48-37(47)31-29-19-20-38(49-29)32(31)35(45)42(28(22-43)23(3)4)34(38)36(46)41(21-7-2)27-17-15-26(39)16-18-27/h6-7,9-13,15-18,23-24,28-29,31-34,43H,1-2,8,14,19-22H2,3-5H3,(H,40,44)/t24-,28+,29+,31-,32-,33-,34+,38-/m1/s1. The second-order valence-electron chi connectivity index (χ2n) is 13.5. The fraction of sp³-hybridized carbons (Fsp3) is 0.474. The van der Waals surface area contributed by atoms with Gasteiger partial charge in [-0.25, -0.2) is 0 Å². The SMILES string of the molecule is C=CCCC(=O)N[C@H](C)[C@@H](OC(=O)[C@@H]1[C@@H]2CC[C@]3(O2)[C@H](C(=O)N(CC=C)c2ccc(Cl)cc2)N([C@@H](CO)C(C)C)C(=O)[C@@H]13)c1ccccc1. The van der Waals surface area contributed by atoms with Crippen molar-refractivity contribution in [3.63, 3.8) is 0 Å². The lowest BCUT2D eigenvalue weighted by atomic mass is 9.70. The van der Waals surface area contributed by atoms with Crippen molar-refractivity contribution in [2.75, 3.05) is 18.1 Å². The average molecular weight is 692 g/mol. The molecular formula is C38H46ClN3O7. The van der Waals surface area contributed by atoms with Crippen molar-refractivity contribution in [1.82, 2.24) is 10.2 Å². The number of aliphatic hydroxyl groups excluding tert-OH is 1. The molecule has 2 aromatic rings. The number of likely N-dealkylation sites (tertiary alicyclic amines) is 1. The molecule has 3 heterocycles. The average Bonchev–Trinajstić information content (AvgIpc) is 3.73. The van der Waals surface area contributed by atoms with Gasteiger partial charge in [0, 0.05) is 23.7 Å². The van der Waals surface area contributed by atoms with Crippen molar-refractivity contribution < 1.29 is 33.8 Å². The Balaban J connectivity index is 1.51. The maximum absolute atomic E-state index is 14.8. The number of amides is 3. The van der Waals surface area contributed by atoms with Crippen molar-refractivity contribution in [2.45, 2.75) is 82.4 Å². The monoisotopic (exact) mass is 691 g/mol. The summed E-state index contributed by atoms with van der Waals surface area (Å²) in [7, 11) is 0. The lowest BCUT2D eigenvalue weighted by Crippen LogP contribution is -2.59. The molecule has 11 heteroatoms. The third-order valence-electron chi connectivity index (χ3n) is 10.1. The van der Waals surface area contributed by atoms with Crippen molar-refractivity contribution in [2.24, 2.45) is 17.8 Å². The minimum atomic E-state index is -1.32. The first-order valence-corrected chi connectivity index (χ1v) is 17.3. The summed E-state index contributed by atoms with van der Waals surface area (Å²) in [5.41, 5.74) is -0.0737. The first-order valence-electron chi connectivity index (χ1n) is 16.9. The van der Waals surface area contributed by atoms with Gasteiger partial charge < -0.3 is 29.7 Å². The van der Waals surface area contributed by atoms with Gasteiger partial charge in [-0.2, -0.15) is 0 Å². The summed E-state index contributed by atoms with van der Waals surface area (Å²) in [6.07, 6.45) is 3.33. The second-order valence-corrected chi connectivity index (χ2v) is 13.9. The molecule has 2 N–H and O–H groups in total. The van der Waals surface area contributed by atoms with Gasteiger partial charge in [-0.1, -0.05) is 67.9 Å². The first kappa shape index (κ1) is 36.3. The molecule has 10 nitrogen and oxygen atoms in total. The van der Waals surface area contributed by atoms with Crippen molar-refractivity contribution in [3.8, 4) is 0 Å². The van der Waals surface area contributed by atoms with Gasteiger partial charge in [0.15, 0.2) is 0 Å². The Bertz CT molecular complexity index is 1550. The number of ether oxygens (including phenoxy) is 2. The lowest BCUT2D eigenvalue weighted by Gasteiger charge is -2.40. The number of nitrogens with one attached hydrogen (secondary N) is 1. The van der Waals surface area contributed by atoms with E-state index in [4.69, 9.17) is 21.1 Å². The smallest absolute Gasteiger partial charge is 0.313 e. The van der Waals surface area contributed by atoms with E-state index in [2.05, 4.69) is 18.5 Å². The van der Waals surface area contributed by atoms with Crippen LogP contribution in [0.15, 0.2) is 79.9 Å². The number of esters is 1. The number of hydrogen-bond acceptors (Lipinski definition) is 7. The molecule has 0 unspecified atom stereocenters. The molecular weight excluding hydrogens is 646 g/mol. The molecule has 3 fully saturated rings. The summed E-state index contributed by atoms with van der Waals surface area (Å²) in [4.78, 5) is 59.4. The topological polar surface area (TPSA) is 125 Å². The number of carbonyl (C=O) groups is 4. The van der Waals surface area contributed by atoms with Crippen LogP contribution in [0.25, 0.3) is 0 Å². The molecule has 5 rings (SSSR count). The molecule has 0 saturated carbocycles. The maximum atomic E-state index is 14.8. The molecule has 3 aliphatic heterocycles. The van der Waals surface area contributed by atoms with Crippen molar-refractivity contribution >= 4 is 41.0 Å². The van der Waals surface area contributed by atoms with Gasteiger partial charge in [-0.05, 0) is 61.9 Å². The first-order chi connectivity index (χ1) is 23.5. The highest BCUT2D eigenvalue weighted by Gasteiger charge is 2.76. The highest BCUT2D eigenvalue weighted by Crippen LogP contribution is 2.59. The van der Waals surface area contributed by atoms with Crippen LogP contribution in [-0.4, -0.2) is 76.7 Å². The van der Waals surface area contributed by atoms with E-state index in [9.17, 15) is 24.3 Å². The quantitative estimate of drug-likeness (QED) is 0.199. The summed E-state index contributed by atoms with van der Waals surface area (Å²) in [6, 6.07) is 13.5. The van der Waals surface area contributed by atoms with Gasteiger partial charge in [-0.15, -0.1) is 13.2 Å². The minimum absolute atomic E-state index is 0.148. The summed E-state index contributed by atoms with van der Waals surface area (Å²) < 4.78 is 12.9. The summed E-state index contributed by atoms with van der Waals surface area (Å²) >= 11 is 6.15. The van der Waals surface area contributed by atoms with Gasteiger partial charge in [0.05, 0.1) is 36.6 Å². The number of halogens is 1. The van der Waals surface area contributed by atoms with E-state index in [1.807, 2.05) is 44.2 Å². The van der Waals surface area contributed by atoms with E-state index in [1.165, 1.54) is 9.80 Å². The Morgan fingerprint density at radius 2 is 1.82 bits per heavy atom. The molecule has 3 amide bonds. The minimum Gasteiger partial charge on any atom is -0.455 e. The molecule has 0 aliphatic carbocycles. The van der Waals surface area contributed by atoms with Gasteiger partial charge in [0.2, 0.25) is 11.8 Å². The van der Waals surface area contributed by atoms with Crippen molar-refractivity contribution in [3.05, 3.63) is 90.5 Å².